The molecule has 2 N–H and O–H groups in total. The van der Waals surface area contributed by atoms with Crippen LogP contribution < -0.4 is 19.5 Å². The molecule has 164 valence electrons. The van der Waals surface area contributed by atoms with E-state index in [1.54, 1.807) is 37.3 Å². The van der Waals surface area contributed by atoms with E-state index in [9.17, 15) is 13.2 Å². The number of aromatic nitrogens is 2. The summed E-state index contributed by atoms with van der Waals surface area (Å²) >= 11 is 0.766. The number of carbonyl (C=O) groups is 1. The largest absolute Gasteiger partial charge is 0.493 e. The molecule has 0 aliphatic heterocycles. The number of methoxy groups -OCH3 is 1. The fourth-order valence-electron chi connectivity index (χ4n) is 2.66. The molecule has 3 aromatic rings. The van der Waals surface area contributed by atoms with Crippen molar-refractivity contribution >= 4 is 32.4 Å². The molecule has 3 rings (SSSR count). The highest BCUT2D eigenvalue weighted by atomic mass is 32.2. The average Bonchev–Trinajstić information content (AvgIpc) is 3.22. The predicted molar refractivity (Wildman–Crippen MR) is 117 cm³/mol. The van der Waals surface area contributed by atoms with Gasteiger partial charge in [0.05, 0.1) is 13.2 Å². The Balaban J connectivity index is 1.61. The number of carbonyl (C=O) groups excluding carboxylic acids is 1. The summed E-state index contributed by atoms with van der Waals surface area (Å²) in [6.07, 6.45) is 0. The fraction of sp³-hybridized carbons (Fsp3) is 0.250. The highest BCUT2D eigenvalue weighted by Crippen LogP contribution is 2.26. The third-order valence-electron chi connectivity index (χ3n) is 4.16. The molecule has 0 bridgehead atoms. The smallest absolute Gasteiger partial charge is 0.270 e. The standard InChI is InChI=1S/C20H22N4O5S2/c1-13-8-4-5-9-15(13)18(25)21-19-22-23-20(30-19)31(26,27)24-14(2)12-29-17-11-7-6-10-16(17)28-3/h4-11,14,24H,12H2,1-3H3,(H,21,22,25)/t14-/m0/s1. The number of sulfonamides is 1. The van der Waals surface area contributed by atoms with Crippen LogP contribution in [-0.4, -0.2) is 44.3 Å². The van der Waals surface area contributed by atoms with Crippen LogP contribution in [-0.2, 0) is 10.0 Å². The van der Waals surface area contributed by atoms with Gasteiger partial charge in [0, 0.05) is 5.56 Å². The lowest BCUT2D eigenvalue weighted by atomic mass is 10.1. The molecule has 0 aliphatic carbocycles. The summed E-state index contributed by atoms with van der Waals surface area (Å²) in [4.78, 5) is 12.4. The number of nitrogens with zero attached hydrogens (tertiary/aromatic N) is 2. The van der Waals surface area contributed by atoms with E-state index in [-0.39, 0.29) is 22.0 Å². The summed E-state index contributed by atoms with van der Waals surface area (Å²) in [6, 6.07) is 13.6. The van der Waals surface area contributed by atoms with E-state index in [1.807, 2.05) is 25.1 Å². The number of rotatable bonds is 9. The topological polar surface area (TPSA) is 120 Å². The number of aryl methyl sites for hydroxylation is 1. The van der Waals surface area contributed by atoms with Crippen molar-refractivity contribution in [2.45, 2.75) is 24.2 Å². The maximum atomic E-state index is 12.6. The SMILES string of the molecule is COc1ccccc1OC[C@H](C)NS(=O)(=O)c1nnc(NC(=O)c2ccccc2C)s1. The normalized spacial score (nSPS) is 12.2. The molecule has 0 fully saturated rings. The molecule has 1 aromatic heterocycles. The first-order valence-corrected chi connectivity index (χ1v) is 11.6. The molecule has 9 nitrogen and oxygen atoms in total. The summed E-state index contributed by atoms with van der Waals surface area (Å²) in [5.74, 6) is 0.675. The van der Waals surface area contributed by atoms with Crippen LogP contribution in [0, 0.1) is 6.92 Å². The molecule has 11 heteroatoms. The Morgan fingerprint density at radius 3 is 2.48 bits per heavy atom. The Kier molecular flexibility index (Phi) is 7.21. The van der Waals surface area contributed by atoms with Gasteiger partial charge >= 0.3 is 0 Å². The van der Waals surface area contributed by atoms with Crippen LogP contribution >= 0.6 is 11.3 Å². The third-order valence-corrected chi connectivity index (χ3v) is 6.96. The number of benzene rings is 2. The van der Waals surface area contributed by atoms with Gasteiger partial charge in [0.25, 0.3) is 15.9 Å². The second-order valence-corrected chi connectivity index (χ2v) is 9.49. The molecule has 2 aromatic carbocycles. The first kappa shape index (κ1) is 22.7. The lowest BCUT2D eigenvalue weighted by Crippen LogP contribution is -2.36. The summed E-state index contributed by atoms with van der Waals surface area (Å²) in [6.45, 7) is 3.55. The van der Waals surface area contributed by atoms with Gasteiger partial charge in [-0.1, -0.05) is 41.7 Å². The van der Waals surface area contributed by atoms with Crippen LogP contribution in [0.25, 0.3) is 0 Å². The van der Waals surface area contributed by atoms with Crippen LogP contribution in [0.2, 0.25) is 0 Å². The van der Waals surface area contributed by atoms with Crippen LogP contribution in [0.5, 0.6) is 11.5 Å². The lowest BCUT2D eigenvalue weighted by Gasteiger charge is -2.15. The van der Waals surface area contributed by atoms with Crippen molar-refractivity contribution in [1.29, 1.82) is 0 Å². The van der Waals surface area contributed by atoms with Gasteiger partial charge in [-0.2, -0.15) is 0 Å². The molecule has 0 aliphatic rings. The van der Waals surface area contributed by atoms with Crippen molar-refractivity contribution in [3.8, 4) is 11.5 Å². The molecule has 1 atom stereocenters. The van der Waals surface area contributed by atoms with Crippen LogP contribution in [0.1, 0.15) is 22.8 Å². The maximum Gasteiger partial charge on any atom is 0.270 e. The predicted octanol–water partition coefficient (Wildman–Crippen LogP) is 2.85. The molecule has 1 amide bonds. The summed E-state index contributed by atoms with van der Waals surface area (Å²) < 4.78 is 38.3. The number of hydrogen-bond donors (Lipinski definition) is 2. The number of para-hydroxylation sites is 2. The van der Waals surface area contributed by atoms with E-state index < -0.39 is 16.1 Å². The van der Waals surface area contributed by atoms with E-state index >= 15 is 0 Å². The first-order chi connectivity index (χ1) is 14.8. The number of hydrogen-bond acceptors (Lipinski definition) is 8. The highest BCUT2D eigenvalue weighted by molar-refractivity contribution is 7.91. The zero-order chi connectivity index (χ0) is 22.4. The van der Waals surface area contributed by atoms with E-state index in [0.717, 1.165) is 16.9 Å². The van der Waals surface area contributed by atoms with Gasteiger partial charge in [-0.05, 0) is 37.6 Å². The Morgan fingerprint density at radius 1 is 1.10 bits per heavy atom. The Hall–Kier alpha value is -3.02. The average molecular weight is 463 g/mol. The Morgan fingerprint density at radius 2 is 1.77 bits per heavy atom. The highest BCUT2D eigenvalue weighted by Gasteiger charge is 2.24. The van der Waals surface area contributed by atoms with E-state index in [4.69, 9.17) is 9.47 Å². The molecule has 0 saturated carbocycles. The van der Waals surface area contributed by atoms with Gasteiger partial charge in [-0.25, -0.2) is 13.1 Å². The Labute approximate surface area is 184 Å². The lowest BCUT2D eigenvalue weighted by molar-refractivity contribution is 0.102. The van der Waals surface area contributed by atoms with E-state index in [0.29, 0.717) is 17.1 Å². The van der Waals surface area contributed by atoms with Gasteiger partial charge in [0.1, 0.15) is 6.61 Å². The van der Waals surface area contributed by atoms with Crippen LogP contribution in [0.15, 0.2) is 52.9 Å². The fourth-order valence-corrected chi connectivity index (χ4v) is 4.80. The van der Waals surface area contributed by atoms with Crippen LogP contribution in [0.4, 0.5) is 5.13 Å². The van der Waals surface area contributed by atoms with Gasteiger partial charge in [0.2, 0.25) is 9.47 Å². The minimum Gasteiger partial charge on any atom is -0.493 e. The minimum atomic E-state index is -3.93. The zero-order valence-corrected chi connectivity index (χ0v) is 18.8. The first-order valence-electron chi connectivity index (χ1n) is 9.29. The van der Waals surface area contributed by atoms with Crippen molar-refractivity contribution in [3.63, 3.8) is 0 Å². The molecular weight excluding hydrogens is 440 g/mol. The van der Waals surface area contributed by atoms with Gasteiger partial charge < -0.3 is 9.47 Å². The maximum absolute atomic E-state index is 12.6. The Bertz CT molecular complexity index is 1160. The third kappa shape index (κ3) is 5.78. The molecule has 0 radical (unpaired) electrons. The zero-order valence-electron chi connectivity index (χ0n) is 17.2. The van der Waals surface area contributed by atoms with E-state index in [1.165, 1.54) is 7.11 Å². The van der Waals surface area contributed by atoms with Crippen molar-refractivity contribution in [3.05, 3.63) is 59.7 Å². The van der Waals surface area contributed by atoms with Crippen molar-refractivity contribution < 1.29 is 22.7 Å². The molecule has 0 saturated heterocycles. The van der Waals surface area contributed by atoms with Crippen LogP contribution in [0.3, 0.4) is 0 Å². The summed E-state index contributed by atoms with van der Waals surface area (Å²) in [5, 5.41) is 10.1. The number of nitrogens with one attached hydrogen (secondary N) is 2. The number of anilines is 1. The van der Waals surface area contributed by atoms with E-state index in [2.05, 4.69) is 20.2 Å². The second-order valence-electron chi connectivity index (χ2n) is 6.63. The summed E-state index contributed by atoms with van der Waals surface area (Å²) in [7, 11) is -2.41. The summed E-state index contributed by atoms with van der Waals surface area (Å²) in [5.41, 5.74) is 1.27. The van der Waals surface area contributed by atoms with Crippen molar-refractivity contribution in [2.24, 2.45) is 0 Å². The monoisotopic (exact) mass is 462 g/mol. The van der Waals surface area contributed by atoms with Gasteiger partial charge in [-0.15, -0.1) is 10.2 Å². The van der Waals surface area contributed by atoms with Gasteiger partial charge in [-0.3, -0.25) is 10.1 Å². The molecular formula is C20H22N4O5S2. The molecule has 31 heavy (non-hydrogen) atoms. The molecule has 0 spiro atoms. The number of ether oxygens (including phenoxy) is 2. The minimum absolute atomic E-state index is 0.0787. The van der Waals surface area contributed by atoms with Crippen molar-refractivity contribution in [2.75, 3.05) is 19.0 Å². The quantitative estimate of drug-likeness (QED) is 0.469. The number of amides is 1. The molecule has 1 heterocycles. The second kappa shape index (κ2) is 9.86. The van der Waals surface area contributed by atoms with Crippen molar-refractivity contribution in [1.82, 2.24) is 14.9 Å². The molecule has 0 unspecified atom stereocenters. The van der Waals surface area contributed by atoms with Gasteiger partial charge in [0.15, 0.2) is 11.5 Å².